The van der Waals surface area contributed by atoms with Gasteiger partial charge in [-0.1, -0.05) is 12.1 Å². The van der Waals surface area contributed by atoms with Gasteiger partial charge in [-0.3, -0.25) is 0 Å². The predicted molar refractivity (Wildman–Crippen MR) is 80.2 cm³/mol. The van der Waals surface area contributed by atoms with Crippen molar-refractivity contribution in [2.45, 2.75) is 13.8 Å². The number of benzene rings is 1. The Balaban J connectivity index is 2.45. The van der Waals surface area contributed by atoms with Crippen molar-refractivity contribution in [3.05, 3.63) is 46.6 Å². The number of nitrogens with two attached hydrogens (primary N) is 1. The van der Waals surface area contributed by atoms with Gasteiger partial charge < -0.3 is 10.6 Å². The zero-order chi connectivity index (χ0) is 13.1. The SMILES string of the molecule is CCN(c1cccc(C)c1)c1ncc(Br)cc1N. The Hall–Kier alpha value is -1.55. The number of nitrogens with zero attached hydrogens (tertiary/aromatic N) is 2. The number of anilines is 3. The van der Waals surface area contributed by atoms with Crippen LogP contribution in [0.25, 0.3) is 0 Å². The van der Waals surface area contributed by atoms with Gasteiger partial charge in [-0.15, -0.1) is 0 Å². The molecule has 1 aromatic heterocycles. The number of aryl methyl sites for hydroxylation is 1. The lowest BCUT2D eigenvalue weighted by Crippen LogP contribution is -2.18. The molecule has 0 saturated heterocycles. The number of hydrogen-bond acceptors (Lipinski definition) is 3. The van der Waals surface area contributed by atoms with Crippen LogP contribution < -0.4 is 10.6 Å². The van der Waals surface area contributed by atoms with E-state index in [1.807, 2.05) is 12.1 Å². The summed E-state index contributed by atoms with van der Waals surface area (Å²) in [6.07, 6.45) is 1.77. The van der Waals surface area contributed by atoms with E-state index < -0.39 is 0 Å². The van der Waals surface area contributed by atoms with E-state index in [9.17, 15) is 0 Å². The molecule has 3 nitrogen and oxygen atoms in total. The Morgan fingerprint density at radius 3 is 2.72 bits per heavy atom. The fourth-order valence-electron chi connectivity index (χ4n) is 1.92. The molecule has 18 heavy (non-hydrogen) atoms. The van der Waals surface area contributed by atoms with Crippen LogP contribution in [0.5, 0.6) is 0 Å². The van der Waals surface area contributed by atoms with Crippen LogP contribution in [0.15, 0.2) is 41.0 Å². The number of pyridine rings is 1. The van der Waals surface area contributed by atoms with Crippen molar-refractivity contribution in [2.24, 2.45) is 0 Å². The molecule has 2 rings (SSSR count). The molecular weight excluding hydrogens is 290 g/mol. The summed E-state index contributed by atoms with van der Waals surface area (Å²) in [5.41, 5.74) is 9.05. The Bertz CT molecular complexity index is 554. The highest BCUT2D eigenvalue weighted by Gasteiger charge is 2.12. The smallest absolute Gasteiger partial charge is 0.156 e. The van der Waals surface area contributed by atoms with Crippen LogP contribution in [0.3, 0.4) is 0 Å². The zero-order valence-corrected chi connectivity index (χ0v) is 12.1. The summed E-state index contributed by atoms with van der Waals surface area (Å²) >= 11 is 3.37. The Morgan fingerprint density at radius 1 is 1.33 bits per heavy atom. The van der Waals surface area contributed by atoms with Crippen LogP contribution in [0.4, 0.5) is 17.2 Å². The normalized spacial score (nSPS) is 10.4. The average Bonchev–Trinajstić information content (AvgIpc) is 2.33. The van der Waals surface area contributed by atoms with Crippen LogP contribution in [-0.4, -0.2) is 11.5 Å². The molecule has 0 saturated carbocycles. The second kappa shape index (κ2) is 5.40. The number of rotatable bonds is 3. The third kappa shape index (κ3) is 2.64. The van der Waals surface area contributed by atoms with Crippen molar-refractivity contribution >= 4 is 33.1 Å². The molecule has 0 unspecified atom stereocenters. The molecule has 0 fully saturated rings. The monoisotopic (exact) mass is 305 g/mol. The lowest BCUT2D eigenvalue weighted by Gasteiger charge is -2.23. The van der Waals surface area contributed by atoms with E-state index in [4.69, 9.17) is 5.73 Å². The summed E-state index contributed by atoms with van der Waals surface area (Å²) in [4.78, 5) is 6.52. The maximum absolute atomic E-state index is 6.04. The molecular formula is C14H16BrN3. The maximum atomic E-state index is 6.04. The lowest BCUT2D eigenvalue weighted by atomic mass is 10.2. The summed E-state index contributed by atoms with van der Waals surface area (Å²) in [5.74, 6) is 0.798. The minimum absolute atomic E-state index is 0.674. The third-order valence-corrected chi connectivity index (χ3v) is 3.18. The highest BCUT2D eigenvalue weighted by molar-refractivity contribution is 9.10. The fraction of sp³-hybridized carbons (Fsp3) is 0.214. The summed E-state index contributed by atoms with van der Waals surface area (Å²) in [7, 11) is 0. The Morgan fingerprint density at radius 2 is 2.11 bits per heavy atom. The van der Waals surface area contributed by atoms with Gasteiger partial charge in [-0.05, 0) is 53.5 Å². The molecule has 4 heteroatoms. The molecule has 0 aliphatic rings. The van der Waals surface area contributed by atoms with Crippen molar-refractivity contribution < 1.29 is 0 Å². The van der Waals surface area contributed by atoms with E-state index in [0.717, 1.165) is 22.5 Å². The molecule has 0 atom stereocenters. The topological polar surface area (TPSA) is 42.2 Å². The third-order valence-electron chi connectivity index (χ3n) is 2.75. The van der Waals surface area contributed by atoms with Crippen LogP contribution in [0.2, 0.25) is 0 Å². The number of halogens is 1. The second-order valence-corrected chi connectivity index (χ2v) is 5.07. The minimum Gasteiger partial charge on any atom is -0.396 e. The van der Waals surface area contributed by atoms with Crippen molar-refractivity contribution in [3.8, 4) is 0 Å². The zero-order valence-electron chi connectivity index (χ0n) is 10.5. The van der Waals surface area contributed by atoms with Gasteiger partial charge in [0.15, 0.2) is 5.82 Å². The lowest BCUT2D eigenvalue weighted by molar-refractivity contribution is 0.989. The van der Waals surface area contributed by atoms with Gasteiger partial charge in [0, 0.05) is 22.9 Å². The van der Waals surface area contributed by atoms with Gasteiger partial charge in [-0.25, -0.2) is 4.98 Å². The van der Waals surface area contributed by atoms with Crippen LogP contribution in [-0.2, 0) is 0 Å². The van der Waals surface area contributed by atoms with Crippen molar-refractivity contribution in [2.75, 3.05) is 17.2 Å². The summed E-state index contributed by atoms with van der Waals surface area (Å²) in [6, 6.07) is 10.2. The molecule has 0 aliphatic carbocycles. The first-order valence-corrected chi connectivity index (χ1v) is 6.66. The molecule has 2 aromatic rings. The molecule has 1 heterocycles. The molecule has 1 aromatic carbocycles. The summed E-state index contributed by atoms with van der Waals surface area (Å²) in [6.45, 7) is 4.99. The van der Waals surface area contributed by atoms with Gasteiger partial charge in [0.05, 0.1) is 5.69 Å². The van der Waals surface area contributed by atoms with E-state index in [0.29, 0.717) is 5.69 Å². The summed E-state index contributed by atoms with van der Waals surface area (Å²) in [5, 5.41) is 0. The van der Waals surface area contributed by atoms with E-state index in [1.54, 1.807) is 6.20 Å². The Kier molecular flexibility index (Phi) is 3.87. The van der Waals surface area contributed by atoms with Crippen molar-refractivity contribution in [1.29, 1.82) is 0 Å². The predicted octanol–water partition coefficient (Wildman–Crippen LogP) is 3.89. The summed E-state index contributed by atoms with van der Waals surface area (Å²) < 4.78 is 0.893. The molecule has 0 bridgehead atoms. The van der Waals surface area contributed by atoms with Crippen LogP contribution in [0.1, 0.15) is 12.5 Å². The quantitative estimate of drug-likeness (QED) is 0.935. The molecule has 0 aliphatic heterocycles. The number of aromatic nitrogens is 1. The van der Waals surface area contributed by atoms with Crippen LogP contribution in [0, 0.1) is 6.92 Å². The van der Waals surface area contributed by atoms with E-state index in [-0.39, 0.29) is 0 Å². The van der Waals surface area contributed by atoms with E-state index >= 15 is 0 Å². The van der Waals surface area contributed by atoms with Crippen LogP contribution >= 0.6 is 15.9 Å². The fourth-order valence-corrected chi connectivity index (χ4v) is 2.27. The number of nitrogen functional groups attached to an aromatic ring is 1. The van der Waals surface area contributed by atoms with E-state index in [1.165, 1.54) is 5.56 Å². The van der Waals surface area contributed by atoms with Gasteiger partial charge in [-0.2, -0.15) is 0 Å². The first-order valence-electron chi connectivity index (χ1n) is 5.87. The molecule has 94 valence electrons. The minimum atomic E-state index is 0.674. The Labute approximate surface area is 116 Å². The second-order valence-electron chi connectivity index (χ2n) is 4.15. The molecule has 0 radical (unpaired) electrons. The first-order chi connectivity index (χ1) is 8.61. The largest absolute Gasteiger partial charge is 0.396 e. The maximum Gasteiger partial charge on any atom is 0.156 e. The average molecular weight is 306 g/mol. The standard InChI is InChI=1S/C14H16BrN3/c1-3-18(12-6-4-5-10(2)7-12)14-13(16)8-11(15)9-17-14/h4-9H,3,16H2,1-2H3. The highest BCUT2D eigenvalue weighted by Crippen LogP contribution is 2.30. The van der Waals surface area contributed by atoms with Crippen molar-refractivity contribution in [1.82, 2.24) is 4.98 Å². The highest BCUT2D eigenvalue weighted by atomic mass is 79.9. The van der Waals surface area contributed by atoms with Gasteiger partial charge >= 0.3 is 0 Å². The van der Waals surface area contributed by atoms with Crippen molar-refractivity contribution in [3.63, 3.8) is 0 Å². The number of hydrogen-bond donors (Lipinski definition) is 1. The van der Waals surface area contributed by atoms with Gasteiger partial charge in [0.2, 0.25) is 0 Å². The van der Waals surface area contributed by atoms with Gasteiger partial charge in [0.25, 0.3) is 0 Å². The molecule has 2 N–H and O–H groups in total. The van der Waals surface area contributed by atoms with Gasteiger partial charge in [0.1, 0.15) is 0 Å². The molecule has 0 spiro atoms. The first kappa shape index (κ1) is 12.9. The van der Waals surface area contributed by atoms with E-state index in [2.05, 4.69) is 57.9 Å². The molecule has 0 amide bonds.